The number of hydrogen-bond donors (Lipinski definition) is 1. The molecule has 0 saturated heterocycles. The van der Waals surface area contributed by atoms with Crippen LogP contribution in [0.15, 0.2) is 0 Å². The number of ether oxygens (including phenoxy) is 1. The smallest absolute Gasteiger partial charge is 0.0613 e. The number of hydrogen-bond acceptors (Lipinski definition) is 2. The van der Waals surface area contributed by atoms with E-state index in [4.69, 9.17) is 4.74 Å². The molecule has 0 aromatic heterocycles. The lowest BCUT2D eigenvalue weighted by Crippen LogP contribution is -2.45. The molecule has 2 nitrogen and oxygen atoms in total. The van der Waals surface area contributed by atoms with E-state index in [1.807, 2.05) is 0 Å². The van der Waals surface area contributed by atoms with Crippen LogP contribution in [0.3, 0.4) is 0 Å². The lowest BCUT2D eigenvalue weighted by Gasteiger charge is -2.40. The van der Waals surface area contributed by atoms with Crippen molar-refractivity contribution in [3.63, 3.8) is 0 Å². The monoisotopic (exact) mass is 213 g/mol. The molecule has 0 unspecified atom stereocenters. The Labute approximate surface area is 94.8 Å². The average molecular weight is 213 g/mol. The first-order valence-corrected chi connectivity index (χ1v) is 6.18. The molecule has 0 aliphatic heterocycles. The predicted octanol–water partition coefficient (Wildman–Crippen LogP) is 2.83. The second-order valence-corrected chi connectivity index (χ2v) is 6.13. The van der Waals surface area contributed by atoms with Gasteiger partial charge in [0.1, 0.15) is 0 Å². The molecule has 2 heteroatoms. The summed E-state index contributed by atoms with van der Waals surface area (Å²) in [6.45, 7) is 10.2. The quantitative estimate of drug-likeness (QED) is 0.775. The highest BCUT2D eigenvalue weighted by Crippen LogP contribution is 2.38. The minimum Gasteiger partial charge on any atom is -0.383 e. The van der Waals surface area contributed by atoms with Crippen molar-refractivity contribution in [1.82, 2.24) is 5.32 Å². The highest BCUT2D eigenvalue weighted by molar-refractivity contribution is 4.87. The Bertz CT molecular complexity index is 191. The second-order valence-electron chi connectivity index (χ2n) is 6.13. The Kier molecular flexibility index (Phi) is 4.60. The summed E-state index contributed by atoms with van der Waals surface area (Å²) < 4.78 is 5.16. The van der Waals surface area contributed by atoms with Gasteiger partial charge in [0.15, 0.2) is 0 Å². The molecular weight excluding hydrogens is 186 g/mol. The molecule has 0 aromatic rings. The van der Waals surface area contributed by atoms with Crippen molar-refractivity contribution in [2.24, 2.45) is 11.3 Å². The van der Waals surface area contributed by atoms with Crippen LogP contribution in [0.2, 0.25) is 0 Å². The van der Waals surface area contributed by atoms with Crippen molar-refractivity contribution in [2.45, 2.75) is 59.0 Å². The van der Waals surface area contributed by atoms with Crippen LogP contribution in [-0.2, 0) is 4.74 Å². The van der Waals surface area contributed by atoms with Crippen LogP contribution in [0.5, 0.6) is 0 Å². The highest BCUT2D eigenvalue weighted by atomic mass is 16.5. The molecule has 3 atom stereocenters. The third-order valence-electron chi connectivity index (χ3n) is 3.32. The number of rotatable bonds is 4. The molecule has 90 valence electrons. The Morgan fingerprint density at radius 1 is 1.40 bits per heavy atom. The molecule has 0 amide bonds. The second kappa shape index (κ2) is 5.31. The van der Waals surface area contributed by atoms with Crippen molar-refractivity contribution in [1.29, 1.82) is 0 Å². The van der Waals surface area contributed by atoms with Gasteiger partial charge in [-0.2, -0.15) is 0 Å². The standard InChI is InChI=1S/C13H27NO/c1-10-6-12(8-13(3,4)7-10)14-11(2)9-15-5/h10-12,14H,6-9H2,1-5H3/t10-,11+,12-/m1/s1. The molecule has 1 aliphatic rings. The Hall–Kier alpha value is -0.0800. The summed E-state index contributed by atoms with van der Waals surface area (Å²) in [7, 11) is 1.77. The van der Waals surface area contributed by atoms with Crippen molar-refractivity contribution in [3.05, 3.63) is 0 Å². The van der Waals surface area contributed by atoms with E-state index in [-0.39, 0.29) is 0 Å². The predicted molar refractivity (Wildman–Crippen MR) is 65.1 cm³/mol. The first-order valence-electron chi connectivity index (χ1n) is 6.18. The normalized spacial score (nSPS) is 32.6. The maximum atomic E-state index is 5.16. The first kappa shape index (κ1) is 13.0. The van der Waals surface area contributed by atoms with E-state index >= 15 is 0 Å². The van der Waals surface area contributed by atoms with E-state index in [2.05, 4.69) is 33.0 Å². The van der Waals surface area contributed by atoms with E-state index in [0.717, 1.165) is 12.5 Å². The highest BCUT2D eigenvalue weighted by Gasteiger charge is 2.32. The fourth-order valence-electron chi connectivity index (χ4n) is 3.17. The van der Waals surface area contributed by atoms with Crippen LogP contribution in [0, 0.1) is 11.3 Å². The van der Waals surface area contributed by atoms with Gasteiger partial charge in [0, 0.05) is 19.2 Å². The summed E-state index contributed by atoms with van der Waals surface area (Å²) in [5, 5.41) is 3.68. The van der Waals surface area contributed by atoms with Crippen LogP contribution in [0.1, 0.15) is 47.0 Å². The maximum Gasteiger partial charge on any atom is 0.0613 e. The van der Waals surface area contributed by atoms with Gasteiger partial charge in [0.05, 0.1) is 6.61 Å². The molecule has 1 aliphatic carbocycles. The third kappa shape index (κ3) is 4.52. The summed E-state index contributed by atoms with van der Waals surface area (Å²) in [6, 6.07) is 1.15. The summed E-state index contributed by atoms with van der Waals surface area (Å²) >= 11 is 0. The topological polar surface area (TPSA) is 21.3 Å². The molecule has 15 heavy (non-hydrogen) atoms. The molecule has 0 spiro atoms. The Balaban J connectivity index is 2.41. The van der Waals surface area contributed by atoms with E-state index in [0.29, 0.717) is 17.5 Å². The lowest BCUT2D eigenvalue weighted by molar-refractivity contribution is 0.121. The Morgan fingerprint density at radius 3 is 2.60 bits per heavy atom. The largest absolute Gasteiger partial charge is 0.383 e. The molecule has 0 aromatic carbocycles. The van der Waals surface area contributed by atoms with Gasteiger partial charge in [-0.3, -0.25) is 0 Å². The zero-order valence-corrected chi connectivity index (χ0v) is 11.0. The van der Waals surface area contributed by atoms with E-state index in [1.54, 1.807) is 7.11 Å². The van der Waals surface area contributed by atoms with Crippen LogP contribution in [-0.4, -0.2) is 25.8 Å². The van der Waals surface area contributed by atoms with E-state index in [1.165, 1.54) is 19.3 Å². The van der Waals surface area contributed by atoms with Crippen molar-refractivity contribution in [2.75, 3.05) is 13.7 Å². The third-order valence-corrected chi connectivity index (χ3v) is 3.32. The van der Waals surface area contributed by atoms with Gasteiger partial charge in [-0.1, -0.05) is 20.8 Å². The van der Waals surface area contributed by atoms with Gasteiger partial charge in [-0.05, 0) is 37.5 Å². The fourth-order valence-corrected chi connectivity index (χ4v) is 3.17. The molecular formula is C13H27NO. The molecule has 1 fully saturated rings. The zero-order valence-electron chi connectivity index (χ0n) is 11.0. The number of nitrogens with one attached hydrogen (secondary N) is 1. The van der Waals surface area contributed by atoms with Gasteiger partial charge in [0.2, 0.25) is 0 Å². The molecule has 0 bridgehead atoms. The molecule has 0 heterocycles. The summed E-state index contributed by atoms with van der Waals surface area (Å²) in [4.78, 5) is 0. The van der Waals surface area contributed by atoms with Crippen LogP contribution in [0.4, 0.5) is 0 Å². The minimum atomic E-state index is 0.473. The number of methoxy groups -OCH3 is 1. The van der Waals surface area contributed by atoms with Gasteiger partial charge in [-0.15, -0.1) is 0 Å². The average Bonchev–Trinajstić information content (AvgIpc) is 1.99. The van der Waals surface area contributed by atoms with Crippen molar-refractivity contribution in [3.8, 4) is 0 Å². The molecule has 1 saturated carbocycles. The van der Waals surface area contributed by atoms with E-state index in [9.17, 15) is 0 Å². The van der Waals surface area contributed by atoms with Gasteiger partial charge in [-0.25, -0.2) is 0 Å². The lowest BCUT2D eigenvalue weighted by atomic mass is 9.70. The molecule has 1 N–H and O–H groups in total. The first-order chi connectivity index (χ1) is 6.93. The van der Waals surface area contributed by atoms with Crippen LogP contribution < -0.4 is 5.32 Å². The van der Waals surface area contributed by atoms with Gasteiger partial charge in [0.25, 0.3) is 0 Å². The minimum absolute atomic E-state index is 0.473. The molecule has 1 rings (SSSR count). The van der Waals surface area contributed by atoms with Gasteiger partial charge < -0.3 is 10.1 Å². The Morgan fingerprint density at radius 2 is 2.07 bits per heavy atom. The summed E-state index contributed by atoms with van der Waals surface area (Å²) in [5.41, 5.74) is 0.502. The van der Waals surface area contributed by atoms with Gasteiger partial charge >= 0.3 is 0 Å². The molecule has 0 radical (unpaired) electrons. The van der Waals surface area contributed by atoms with Crippen LogP contribution >= 0.6 is 0 Å². The van der Waals surface area contributed by atoms with E-state index < -0.39 is 0 Å². The van der Waals surface area contributed by atoms with Crippen molar-refractivity contribution >= 4 is 0 Å². The summed E-state index contributed by atoms with van der Waals surface area (Å²) in [6.07, 6.45) is 3.98. The maximum absolute atomic E-state index is 5.16. The fraction of sp³-hybridized carbons (Fsp3) is 1.00. The zero-order chi connectivity index (χ0) is 11.5. The SMILES string of the molecule is COC[C@H](C)N[C@@H]1C[C@@H](C)CC(C)(C)C1. The van der Waals surface area contributed by atoms with Crippen molar-refractivity contribution < 1.29 is 4.74 Å². The summed E-state index contributed by atoms with van der Waals surface area (Å²) in [5.74, 6) is 0.848. The van der Waals surface area contributed by atoms with Crippen LogP contribution in [0.25, 0.3) is 0 Å².